The monoisotopic (exact) mass is 467 g/mol. The zero-order chi connectivity index (χ0) is 23.8. The molecule has 1 aromatic carbocycles. The van der Waals surface area contributed by atoms with Gasteiger partial charge in [0.25, 0.3) is 5.56 Å². The van der Waals surface area contributed by atoms with Crippen molar-refractivity contribution in [2.45, 2.75) is 51.1 Å². The molecule has 0 unspecified atom stereocenters. The minimum absolute atomic E-state index is 0.0812. The zero-order valence-corrected chi connectivity index (χ0v) is 19.8. The minimum atomic E-state index is -0.256. The lowest BCUT2D eigenvalue weighted by atomic mass is 10.2. The fraction of sp³-hybridized carbons (Fsp3) is 0.407. The summed E-state index contributed by atoms with van der Waals surface area (Å²) in [7, 11) is 0. The molecule has 6 rings (SSSR count). The Morgan fingerprint density at radius 1 is 1.03 bits per heavy atom. The van der Waals surface area contributed by atoms with E-state index in [-0.39, 0.29) is 17.2 Å². The third kappa shape index (κ3) is 4.17. The number of nitrogens with one attached hydrogen (secondary N) is 1. The predicted octanol–water partition coefficient (Wildman–Crippen LogP) is 4.57. The van der Waals surface area contributed by atoms with Gasteiger partial charge in [0.15, 0.2) is 0 Å². The summed E-state index contributed by atoms with van der Waals surface area (Å²) in [4.78, 5) is 24.7. The predicted molar refractivity (Wildman–Crippen MR) is 137 cm³/mol. The van der Waals surface area contributed by atoms with Gasteiger partial charge in [-0.15, -0.1) is 0 Å². The van der Waals surface area contributed by atoms with Crippen LogP contribution in [-0.4, -0.2) is 43.6 Å². The van der Waals surface area contributed by atoms with Gasteiger partial charge in [0.1, 0.15) is 17.3 Å². The number of hydrogen-bond donors (Lipinski definition) is 1. The summed E-state index contributed by atoms with van der Waals surface area (Å²) in [6, 6.07) is 12.2. The molecule has 0 amide bonds. The van der Waals surface area contributed by atoms with E-state index in [9.17, 15) is 10.1 Å². The molecule has 4 heterocycles. The molecule has 2 fully saturated rings. The second-order valence-corrected chi connectivity index (χ2v) is 9.71. The van der Waals surface area contributed by atoms with E-state index in [2.05, 4.69) is 44.2 Å². The number of aromatic nitrogens is 4. The molecular weight excluding hydrogens is 438 g/mol. The first-order valence-electron chi connectivity index (χ1n) is 12.6. The molecule has 8 heteroatoms. The summed E-state index contributed by atoms with van der Waals surface area (Å²) in [6.07, 6.45) is 10.5. The van der Waals surface area contributed by atoms with Gasteiger partial charge in [-0.05, 0) is 69.1 Å². The second-order valence-electron chi connectivity index (χ2n) is 9.71. The number of pyridine rings is 1. The molecule has 1 N–H and O–H groups in total. The van der Waals surface area contributed by atoms with E-state index in [0.29, 0.717) is 17.0 Å². The Balaban J connectivity index is 1.29. The van der Waals surface area contributed by atoms with Crippen LogP contribution >= 0.6 is 0 Å². The summed E-state index contributed by atoms with van der Waals surface area (Å²) in [5.41, 5.74) is 2.60. The molecule has 0 atom stereocenters. The molecule has 0 radical (unpaired) electrons. The number of anilines is 2. The van der Waals surface area contributed by atoms with Gasteiger partial charge < -0.3 is 14.8 Å². The van der Waals surface area contributed by atoms with Crippen molar-refractivity contribution in [1.82, 2.24) is 24.0 Å². The van der Waals surface area contributed by atoms with Crippen LogP contribution in [0.5, 0.6) is 0 Å². The van der Waals surface area contributed by atoms with Crippen LogP contribution in [0, 0.1) is 11.3 Å². The van der Waals surface area contributed by atoms with Gasteiger partial charge in [-0.1, -0.05) is 12.8 Å². The SMILES string of the molecule is N#Cc1cc2cnc(Nc3ccc4c(ccn4CCN4CCCC4)c3)nc2n(C2CCCC2)c1=O. The largest absolute Gasteiger partial charge is 0.346 e. The van der Waals surface area contributed by atoms with Crippen LogP contribution in [0.25, 0.3) is 21.9 Å². The minimum Gasteiger partial charge on any atom is -0.346 e. The topological polar surface area (TPSA) is 91.8 Å². The molecule has 3 aromatic heterocycles. The molecule has 4 aromatic rings. The van der Waals surface area contributed by atoms with Crippen LogP contribution in [0.1, 0.15) is 50.1 Å². The van der Waals surface area contributed by atoms with E-state index in [1.54, 1.807) is 16.8 Å². The molecular formula is C27H29N7O. The molecule has 1 saturated carbocycles. The Morgan fingerprint density at radius 3 is 2.66 bits per heavy atom. The third-order valence-corrected chi connectivity index (χ3v) is 7.47. The van der Waals surface area contributed by atoms with Crippen molar-refractivity contribution in [3.63, 3.8) is 0 Å². The van der Waals surface area contributed by atoms with Crippen molar-refractivity contribution in [2.75, 3.05) is 25.0 Å². The van der Waals surface area contributed by atoms with Crippen molar-refractivity contribution in [1.29, 1.82) is 5.26 Å². The smallest absolute Gasteiger partial charge is 0.270 e. The normalized spacial score (nSPS) is 16.9. The van der Waals surface area contributed by atoms with E-state index >= 15 is 0 Å². The van der Waals surface area contributed by atoms with Crippen molar-refractivity contribution in [3.8, 4) is 6.07 Å². The molecule has 1 aliphatic carbocycles. The fourth-order valence-corrected chi connectivity index (χ4v) is 5.62. The van der Waals surface area contributed by atoms with E-state index in [1.165, 1.54) is 36.8 Å². The van der Waals surface area contributed by atoms with Gasteiger partial charge in [-0.25, -0.2) is 4.98 Å². The van der Waals surface area contributed by atoms with Crippen LogP contribution in [-0.2, 0) is 6.54 Å². The molecule has 35 heavy (non-hydrogen) atoms. The van der Waals surface area contributed by atoms with E-state index in [4.69, 9.17) is 4.98 Å². The Kier molecular flexibility index (Phi) is 5.71. The Hall–Kier alpha value is -3.70. The lowest BCUT2D eigenvalue weighted by Gasteiger charge is -2.17. The first kappa shape index (κ1) is 21.8. The molecule has 8 nitrogen and oxygen atoms in total. The highest BCUT2D eigenvalue weighted by molar-refractivity contribution is 5.85. The summed E-state index contributed by atoms with van der Waals surface area (Å²) in [5, 5.41) is 14.6. The first-order chi connectivity index (χ1) is 17.2. The summed E-state index contributed by atoms with van der Waals surface area (Å²) < 4.78 is 4.04. The van der Waals surface area contributed by atoms with Gasteiger partial charge in [0.05, 0.1) is 0 Å². The molecule has 0 bridgehead atoms. The van der Waals surface area contributed by atoms with Crippen LogP contribution in [0.15, 0.2) is 47.5 Å². The van der Waals surface area contributed by atoms with Gasteiger partial charge in [0, 0.05) is 53.5 Å². The first-order valence-corrected chi connectivity index (χ1v) is 12.6. The van der Waals surface area contributed by atoms with Gasteiger partial charge in [-0.2, -0.15) is 10.2 Å². The lowest BCUT2D eigenvalue weighted by molar-refractivity contribution is 0.324. The molecule has 2 aliphatic rings. The van der Waals surface area contributed by atoms with Crippen molar-refractivity contribution in [3.05, 3.63) is 58.6 Å². The fourth-order valence-electron chi connectivity index (χ4n) is 5.62. The zero-order valence-electron chi connectivity index (χ0n) is 19.8. The Morgan fingerprint density at radius 2 is 1.86 bits per heavy atom. The quantitative estimate of drug-likeness (QED) is 0.447. The van der Waals surface area contributed by atoms with E-state index < -0.39 is 0 Å². The van der Waals surface area contributed by atoms with Crippen LogP contribution in [0.3, 0.4) is 0 Å². The highest BCUT2D eigenvalue weighted by Crippen LogP contribution is 2.31. The van der Waals surface area contributed by atoms with Crippen LogP contribution < -0.4 is 10.9 Å². The number of fused-ring (bicyclic) bond motifs is 2. The van der Waals surface area contributed by atoms with Crippen molar-refractivity contribution in [2.24, 2.45) is 0 Å². The van der Waals surface area contributed by atoms with Crippen molar-refractivity contribution < 1.29 is 0 Å². The molecule has 0 spiro atoms. The third-order valence-electron chi connectivity index (χ3n) is 7.47. The maximum absolute atomic E-state index is 13.0. The average molecular weight is 468 g/mol. The number of hydrogen-bond acceptors (Lipinski definition) is 6. The highest BCUT2D eigenvalue weighted by Gasteiger charge is 2.23. The highest BCUT2D eigenvalue weighted by atomic mass is 16.1. The Labute approximate surface area is 203 Å². The summed E-state index contributed by atoms with van der Waals surface area (Å²) in [5.74, 6) is 0.446. The average Bonchev–Trinajstić information content (AvgIpc) is 3.65. The number of likely N-dealkylation sites (tertiary alicyclic amines) is 1. The van der Waals surface area contributed by atoms with Gasteiger partial charge in [-0.3, -0.25) is 9.36 Å². The second kappa shape index (κ2) is 9.16. The molecule has 178 valence electrons. The number of rotatable bonds is 6. The summed E-state index contributed by atoms with van der Waals surface area (Å²) >= 11 is 0. The van der Waals surface area contributed by atoms with Crippen LogP contribution in [0.4, 0.5) is 11.6 Å². The van der Waals surface area contributed by atoms with Crippen LogP contribution in [0.2, 0.25) is 0 Å². The number of nitrogens with zero attached hydrogens (tertiary/aromatic N) is 6. The molecule has 1 saturated heterocycles. The Bertz CT molecular complexity index is 1480. The number of nitriles is 1. The van der Waals surface area contributed by atoms with Gasteiger partial charge in [0.2, 0.25) is 5.95 Å². The summed E-state index contributed by atoms with van der Waals surface area (Å²) in [6.45, 7) is 4.51. The standard InChI is InChI=1S/C27H29N7O/c28-17-20-15-21-18-29-27(31-25(21)34(26(20)35)23-5-1-2-6-23)30-22-7-8-24-19(16-22)9-12-33(24)14-13-32-10-3-4-11-32/h7-9,12,15-16,18,23H,1-6,10-11,13-14H2,(H,29,30,31). The number of benzene rings is 1. The lowest BCUT2D eigenvalue weighted by Crippen LogP contribution is -2.26. The molecule has 1 aliphatic heterocycles. The van der Waals surface area contributed by atoms with E-state index in [0.717, 1.165) is 44.5 Å². The van der Waals surface area contributed by atoms with E-state index in [1.807, 2.05) is 12.1 Å². The maximum Gasteiger partial charge on any atom is 0.270 e. The van der Waals surface area contributed by atoms with Crippen molar-refractivity contribution >= 4 is 33.6 Å². The van der Waals surface area contributed by atoms with Gasteiger partial charge >= 0.3 is 0 Å². The maximum atomic E-state index is 13.0.